The van der Waals surface area contributed by atoms with Gasteiger partial charge in [-0.1, -0.05) is 0 Å². The Kier molecular flexibility index (Phi) is 10.8. The van der Waals surface area contributed by atoms with Crippen LogP contribution in [0.1, 0.15) is 13.8 Å². The summed E-state index contributed by atoms with van der Waals surface area (Å²) < 4.78 is 334. The van der Waals surface area contributed by atoms with Crippen molar-refractivity contribution in [3.8, 4) is 0 Å². The van der Waals surface area contributed by atoms with Crippen molar-refractivity contribution in [1.82, 2.24) is 0 Å². The van der Waals surface area contributed by atoms with Crippen LogP contribution in [0.3, 0.4) is 0 Å². The third-order valence-electron chi connectivity index (χ3n) is 5.58. The van der Waals surface area contributed by atoms with Gasteiger partial charge >= 0.3 is 83.0 Å². The molecule has 0 radical (unpaired) electrons. The zero-order valence-electron chi connectivity index (χ0n) is 21.1. The van der Waals surface area contributed by atoms with Crippen molar-refractivity contribution in [2.75, 3.05) is 13.2 Å². The van der Waals surface area contributed by atoms with Gasteiger partial charge in [0.1, 0.15) is 0 Å². The Bertz CT molecular complexity index is 1110. The highest BCUT2D eigenvalue weighted by atomic mass is 19.4. The van der Waals surface area contributed by atoms with Gasteiger partial charge in [-0.25, -0.2) is 0 Å². The Labute approximate surface area is 235 Å². The molecular weight excluding hydrogens is 736 g/mol. The van der Waals surface area contributed by atoms with E-state index in [1.165, 1.54) is 0 Å². The summed E-state index contributed by atoms with van der Waals surface area (Å²) in [6.45, 7) is -3.40. The van der Waals surface area contributed by atoms with Crippen LogP contribution in [-0.2, 0) is 19.1 Å². The number of hydrogen-bond acceptors (Lipinski definition) is 4. The second-order valence-corrected chi connectivity index (χ2v) is 8.36. The van der Waals surface area contributed by atoms with Crippen LogP contribution in [-0.4, -0.2) is 90.8 Å². The van der Waals surface area contributed by atoms with E-state index in [0.29, 0.717) is 0 Å². The minimum Gasteiger partial charge on any atom is -0.465 e. The standard InChI is InChI=1S/C18H10F24O4/c1-3-45-5(43)7(6(44)46-4-2,9(21,22)17(37,38)39)8(19,20)10(23,24)11(25,26)12(27,28)13(29,30)14(31,32)15(33,34)16(35,36)18(40,41)42/h3-4H2,1-2H3. The van der Waals surface area contributed by atoms with Crippen molar-refractivity contribution < 1.29 is 124 Å². The van der Waals surface area contributed by atoms with Gasteiger partial charge in [0.15, 0.2) is 0 Å². The molecule has 0 aromatic rings. The largest absolute Gasteiger partial charge is 0.465 e. The summed E-state index contributed by atoms with van der Waals surface area (Å²) in [5.41, 5.74) is -7.81. The molecule has 0 saturated heterocycles. The number of halogens is 24. The minimum absolute atomic E-state index is 0.193. The van der Waals surface area contributed by atoms with Crippen LogP contribution in [0.15, 0.2) is 0 Å². The van der Waals surface area contributed by atoms with Gasteiger partial charge in [-0.15, -0.1) is 0 Å². The van der Waals surface area contributed by atoms with Crippen LogP contribution >= 0.6 is 0 Å². The zero-order valence-corrected chi connectivity index (χ0v) is 21.1. The monoisotopic (exact) mass is 746 g/mol. The molecule has 0 N–H and O–H groups in total. The number of carbonyl (C=O) groups excluding carboxylic acids is 2. The SMILES string of the molecule is CCOC(=O)C(C(=O)OCC)(C(F)(F)C(F)(F)F)C(F)(F)C(F)(F)C(F)(F)C(F)(F)C(F)(F)C(F)(F)C(F)(F)C(F)(F)C(F)(F)F. The van der Waals surface area contributed by atoms with Crippen molar-refractivity contribution in [3.05, 3.63) is 0 Å². The third kappa shape index (κ3) is 5.12. The zero-order chi connectivity index (χ0) is 38.0. The van der Waals surface area contributed by atoms with Gasteiger partial charge < -0.3 is 9.47 Å². The van der Waals surface area contributed by atoms with Gasteiger partial charge in [0, 0.05) is 0 Å². The molecule has 4 nitrogen and oxygen atoms in total. The summed E-state index contributed by atoms with van der Waals surface area (Å²) >= 11 is 0. The molecule has 0 aromatic carbocycles. The van der Waals surface area contributed by atoms with Crippen LogP contribution in [0.4, 0.5) is 105 Å². The van der Waals surface area contributed by atoms with Gasteiger partial charge in [-0.05, 0) is 13.8 Å². The number of rotatable bonds is 13. The number of hydrogen-bond donors (Lipinski definition) is 0. The molecule has 28 heteroatoms. The van der Waals surface area contributed by atoms with E-state index in [9.17, 15) is 115 Å². The van der Waals surface area contributed by atoms with Crippen molar-refractivity contribution in [2.24, 2.45) is 5.41 Å². The van der Waals surface area contributed by atoms with Crippen molar-refractivity contribution in [2.45, 2.75) is 79.5 Å². The van der Waals surface area contributed by atoms with Crippen LogP contribution < -0.4 is 0 Å². The molecule has 0 aliphatic heterocycles. The topological polar surface area (TPSA) is 52.6 Å². The van der Waals surface area contributed by atoms with E-state index in [1.54, 1.807) is 0 Å². The quantitative estimate of drug-likeness (QED) is 0.109. The summed E-state index contributed by atoms with van der Waals surface area (Å²) in [6, 6.07) is 0. The number of ether oxygens (including phenoxy) is 2. The van der Waals surface area contributed by atoms with Crippen molar-refractivity contribution in [1.29, 1.82) is 0 Å². The van der Waals surface area contributed by atoms with Gasteiger partial charge in [0.2, 0.25) is 0 Å². The molecule has 0 aliphatic carbocycles. The van der Waals surface area contributed by atoms with Gasteiger partial charge in [0.05, 0.1) is 13.2 Å². The lowest BCUT2D eigenvalue weighted by Gasteiger charge is -2.47. The molecule has 0 bridgehead atoms. The highest BCUT2D eigenvalue weighted by molar-refractivity contribution is 6.03. The molecule has 0 atom stereocenters. The molecule has 0 aromatic heterocycles. The van der Waals surface area contributed by atoms with Crippen molar-refractivity contribution in [3.63, 3.8) is 0 Å². The number of alkyl halides is 24. The summed E-state index contributed by atoms with van der Waals surface area (Å²) in [6.07, 6.45) is -16.3. The number of esters is 2. The van der Waals surface area contributed by atoms with Crippen LogP contribution in [0.2, 0.25) is 0 Å². The predicted octanol–water partition coefficient (Wildman–Crippen LogP) is 7.94. The highest BCUT2D eigenvalue weighted by Gasteiger charge is 3.01. The fraction of sp³-hybridized carbons (Fsp3) is 0.889. The number of carbonyl (C=O) groups is 2. The van der Waals surface area contributed by atoms with Crippen LogP contribution in [0.5, 0.6) is 0 Å². The first kappa shape index (κ1) is 43.3. The highest BCUT2D eigenvalue weighted by Crippen LogP contribution is 2.69. The second-order valence-electron chi connectivity index (χ2n) is 8.36. The van der Waals surface area contributed by atoms with Crippen molar-refractivity contribution >= 4 is 11.9 Å². The van der Waals surface area contributed by atoms with Crippen LogP contribution in [0, 0.1) is 5.41 Å². The molecule has 46 heavy (non-hydrogen) atoms. The van der Waals surface area contributed by atoms with Crippen LogP contribution in [0.25, 0.3) is 0 Å². The first-order valence-corrected chi connectivity index (χ1v) is 10.6. The summed E-state index contributed by atoms with van der Waals surface area (Å²) in [4.78, 5) is 23.9. The second kappa shape index (κ2) is 11.5. The molecule has 0 heterocycles. The molecular formula is C18H10F24O4. The smallest absolute Gasteiger partial charge is 0.460 e. The van der Waals surface area contributed by atoms with Gasteiger partial charge in [-0.2, -0.15) is 105 Å². The van der Waals surface area contributed by atoms with E-state index in [2.05, 4.69) is 9.47 Å². The minimum atomic E-state index is -9.65. The fourth-order valence-corrected chi connectivity index (χ4v) is 3.08. The Balaban J connectivity index is 8.17. The summed E-state index contributed by atoms with van der Waals surface area (Å²) in [7, 11) is 0. The van der Waals surface area contributed by atoms with E-state index < -0.39 is 96.2 Å². The summed E-state index contributed by atoms with van der Waals surface area (Å²) in [5.74, 6) is -91.8. The molecule has 0 saturated carbocycles. The summed E-state index contributed by atoms with van der Waals surface area (Å²) in [5, 5.41) is 0. The first-order valence-electron chi connectivity index (χ1n) is 10.6. The average molecular weight is 746 g/mol. The molecule has 0 aliphatic rings. The maximum absolute atomic E-state index is 15.0. The predicted molar refractivity (Wildman–Crippen MR) is 92.3 cm³/mol. The molecule has 0 unspecified atom stereocenters. The Morgan fingerprint density at radius 1 is 0.348 bits per heavy atom. The first-order chi connectivity index (χ1) is 19.7. The van der Waals surface area contributed by atoms with E-state index in [0.717, 1.165) is 0 Å². The lowest BCUT2D eigenvalue weighted by atomic mass is 9.69. The van der Waals surface area contributed by atoms with E-state index in [4.69, 9.17) is 0 Å². The Morgan fingerprint density at radius 2 is 0.543 bits per heavy atom. The molecule has 0 fully saturated rings. The maximum Gasteiger partial charge on any atom is 0.460 e. The Morgan fingerprint density at radius 3 is 0.739 bits per heavy atom. The lowest BCUT2D eigenvalue weighted by molar-refractivity contribution is -0.474. The molecule has 0 rings (SSSR count). The molecule has 0 spiro atoms. The maximum atomic E-state index is 15.0. The van der Waals surface area contributed by atoms with E-state index in [-0.39, 0.29) is 13.8 Å². The average Bonchev–Trinajstić information content (AvgIpc) is 2.82. The van der Waals surface area contributed by atoms with E-state index in [1.807, 2.05) is 0 Å². The lowest BCUT2D eigenvalue weighted by Crippen LogP contribution is -2.80. The van der Waals surface area contributed by atoms with Gasteiger partial charge in [-0.3, -0.25) is 9.59 Å². The molecule has 274 valence electrons. The third-order valence-corrected chi connectivity index (χ3v) is 5.58. The fourth-order valence-electron chi connectivity index (χ4n) is 3.08. The van der Waals surface area contributed by atoms with Gasteiger partial charge in [0.25, 0.3) is 0 Å². The normalized spacial score (nSPS) is 16.0. The molecule has 0 amide bonds. The Hall–Kier alpha value is -2.74. The van der Waals surface area contributed by atoms with E-state index >= 15 is 0 Å².